The molecule has 0 radical (unpaired) electrons. The molecule has 0 fully saturated rings. The Kier molecular flexibility index (Phi) is 5.00. The maximum absolute atomic E-state index is 12.6. The molecule has 3 heteroatoms. The molecule has 3 rings (SSSR count). The summed E-state index contributed by atoms with van der Waals surface area (Å²) < 4.78 is 6.12. The van der Waals surface area contributed by atoms with E-state index in [2.05, 4.69) is 80.6 Å². The fraction of sp³-hybridized carbons (Fsp3) is 0.381. The zero-order chi connectivity index (χ0) is 17.4. The number of esters is 1. The highest BCUT2D eigenvalue weighted by Gasteiger charge is 2.37. The van der Waals surface area contributed by atoms with Crippen LogP contribution in [0.15, 0.2) is 30.3 Å². The Morgan fingerprint density at radius 3 is 2.54 bits per heavy atom. The molecule has 1 aliphatic heterocycles. The Labute approximate surface area is 157 Å². The molecule has 0 spiro atoms. The van der Waals surface area contributed by atoms with Crippen LogP contribution in [0.25, 0.3) is 0 Å². The van der Waals surface area contributed by atoms with Crippen molar-refractivity contribution in [2.45, 2.75) is 50.4 Å². The average molecular weight is 434 g/mol. The van der Waals surface area contributed by atoms with Gasteiger partial charge in [-0.2, -0.15) is 0 Å². The van der Waals surface area contributed by atoms with E-state index in [1.54, 1.807) is 0 Å². The molecule has 2 unspecified atom stereocenters. The highest BCUT2D eigenvalue weighted by molar-refractivity contribution is 14.1. The summed E-state index contributed by atoms with van der Waals surface area (Å²) in [5.74, 6) is 0.338. The van der Waals surface area contributed by atoms with Crippen molar-refractivity contribution in [3.8, 4) is 5.75 Å². The number of halogens is 1. The minimum Gasteiger partial charge on any atom is -0.425 e. The van der Waals surface area contributed by atoms with E-state index in [1.165, 1.54) is 16.7 Å². The molecule has 24 heavy (non-hydrogen) atoms. The third-order valence-electron chi connectivity index (χ3n) is 4.78. The molecule has 2 nitrogen and oxygen atoms in total. The monoisotopic (exact) mass is 434 g/mol. The molecule has 0 bridgehead atoms. The number of hydrogen-bond donors (Lipinski definition) is 0. The van der Waals surface area contributed by atoms with E-state index in [4.69, 9.17) is 4.74 Å². The van der Waals surface area contributed by atoms with Gasteiger partial charge in [-0.15, -0.1) is 0 Å². The van der Waals surface area contributed by atoms with Gasteiger partial charge in [-0.05, 0) is 43.9 Å². The summed E-state index contributed by atoms with van der Waals surface area (Å²) in [6.45, 7) is 8.46. The van der Waals surface area contributed by atoms with Gasteiger partial charge in [-0.3, -0.25) is 4.79 Å². The van der Waals surface area contributed by atoms with E-state index in [-0.39, 0.29) is 11.9 Å². The third-order valence-corrected chi connectivity index (χ3v) is 6.08. The molecule has 0 amide bonds. The third kappa shape index (κ3) is 3.10. The number of rotatable bonds is 4. The molecule has 1 heterocycles. The van der Waals surface area contributed by atoms with E-state index in [0.717, 1.165) is 35.3 Å². The Hall–Kier alpha value is -1.36. The lowest BCUT2D eigenvalue weighted by Crippen LogP contribution is -2.11. The van der Waals surface area contributed by atoms with Gasteiger partial charge in [0.1, 0.15) is 11.7 Å². The zero-order valence-corrected chi connectivity index (χ0v) is 16.8. The van der Waals surface area contributed by atoms with Gasteiger partial charge in [-0.1, -0.05) is 71.8 Å². The molecule has 2 atom stereocenters. The first-order valence-electron chi connectivity index (χ1n) is 8.49. The lowest BCUT2D eigenvalue weighted by molar-refractivity contribution is -0.133. The van der Waals surface area contributed by atoms with Gasteiger partial charge in [0.2, 0.25) is 0 Å². The molecule has 0 saturated carbocycles. The normalized spacial score (nSPS) is 17.5. The number of alkyl halides is 1. The van der Waals surface area contributed by atoms with Gasteiger partial charge in [0.15, 0.2) is 0 Å². The summed E-state index contributed by atoms with van der Waals surface area (Å²) in [5.41, 5.74) is 6.85. The van der Waals surface area contributed by atoms with E-state index < -0.39 is 0 Å². The van der Waals surface area contributed by atoms with Crippen LogP contribution in [0.3, 0.4) is 0 Å². The lowest BCUT2D eigenvalue weighted by Gasteiger charge is -2.15. The fourth-order valence-electron chi connectivity index (χ4n) is 3.35. The van der Waals surface area contributed by atoms with Crippen LogP contribution in [0.4, 0.5) is 0 Å². The van der Waals surface area contributed by atoms with Crippen LogP contribution in [-0.4, -0.2) is 5.97 Å². The zero-order valence-electron chi connectivity index (χ0n) is 14.7. The van der Waals surface area contributed by atoms with Crippen LogP contribution < -0.4 is 4.74 Å². The standard InChI is InChI=1S/C21H23IO2/c1-5-6-18(22)16-9-12(2)10-17-19(21(23)24-20(16)17)15-8-7-13(3)14(4)11-15/h7-11,18-19H,5-6H2,1-4H3. The maximum atomic E-state index is 12.6. The largest absolute Gasteiger partial charge is 0.425 e. The van der Waals surface area contributed by atoms with Crippen molar-refractivity contribution in [1.29, 1.82) is 0 Å². The first-order chi connectivity index (χ1) is 11.4. The highest BCUT2D eigenvalue weighted by Crippen LogP contribution is 2.46. The number of benzene rings is 2. The van der Waals surface area contributed by atoms with Gasteiger partial charge in [0.05, 0.1) is 0 Å². The van der Waals surface area contributed by atoms with Gasteiger partial charge in [0.25, 0.3) is 0 Å². The summed E-state index contributed by atoms with van der Waals surface area (Å²) in [6.07, 6.45) is 2.20. The first-order valence-corrected chi connectivity index (χ1v) is 9.74. The molecule has 1 aliphatic rings. The molecule has 0 aromatic heterocycles. The van der Waals surface area contributed by atoms with Crippen molar-refractivity contribution in [1.82, 2.24) is 0 Å². The molecule has 0 saturated heterocycles. The van der Waals surface area contributed by atoms with Gasteiger partial charge in [0, 0.05) is 15.1 Å². The maximum Gasteiger partial charge on any atom is 0.323 e. The van der Waals surface area contributed by atoms with Gasteiger partial charge in [-0.25, -0.2) is 0 Å². The minimum absolute atomic E-state index is 0.153. The Morgan fingerprint density at radius 1 is 1.12 bits per heavy atom. The lowest BCUT2D eigenvalue weighted by atomic mass is 9.88. The minimum atomic E-state index is -0.303. The number of carbonyl (C=O) groups is 1. The molecular weight excluding hydrogens is 411 g/mol. The van der Waals surface area contributed by atoms with E-state index >= 15 is 0 Å². The predicted molar refractivity (Wildman–Crippen MR) is 106 cm³/mol. The van der Waals surface area contributed by atoms with E-state index in [0.29, 0.717) is 3.92 Å². The van der Waals surface area contributed by atoms with Crippen LogP contribution in [0, 0.1) is 20.8 Å². The smallest absolute Gasteiger partial charge is 0.323 e. The van der Waals surface area contributed by atoms with Crippen LogP contribution >= 0.6 is 22.6 Å². The topological polar surface area (TPSA) is 26.3 Å². The van der Waals surface area contributed by atoms with E-state index in [9.17, 15) is 4.79 Å². The van der Waals surface area contributed by atoms with Crippen LogP contribution in [0.2, 0.25) is 0 Å². The van der Waals surface area contributed by atoms with Crippen molar-refractivity contribution in [2.75, 3.05) is 0 Å². The first kappa shape index (κ1) is 17.5. The Morgan fingerprint density at radius 2 is 1.88 bits per heavy atom. The molecule has 126 valence electrons. The van der Waals surface area contributed by atoms with Crippen molar-refractivity contribution in [2.24, 2.45) is 0 Å². The summed E-state index contributed by atoms with van der Waals surface area (Å²) in [4.78, 5) is 12.6. The highest BCUT2D eigenvalue weighted by atomic mass is 127. The molecule has 0 N–H and O–H groups in total. The second kappa shape index (κ2) is 6.87. The number of aryl methyl sites for hydroxylation is 3. The van der Waals surface area contributed by atoms with E-state index in [1.807, 2.05) is 0 Å². The number of hydrogen-bond acceptors (Lipinski definition) is 2. The number of ether oxygens (including phenoxy) is 1. The Bertz CT molecular complexity index is 795. The molecule has 0 aliphatic carbocycles. The predicted octanol–water partition coefficient (Wildman–Crippen LogP) is 5.94. The van der Waals surface area contributed by atoms with Crippen molar-refractivity contribution in [3.63, 3.8) is 0 Å². The Balaban J connectivity index is 2.11. The number of carbonyl (C=O) groups excluding carboxylic acids is 1. The van der Waals surface area contributed by atoms with Crippen LogP contribution in [0.5, 0.6) is 5.75 Å². The van der Waals surface area contributed by atoms with Crippen LogP contribution in [-0.2, 0) is 4.79 Å². The summed E-state index contributed by atoms with van der Waals surface area (Å²) in [6, 6.07) is 10.5. The second-order valence-corrected chi connectivity index (χ2v) is 8.23. The second-order valence-electron chi connectivity index (χ2n) is 6.73. The van der Waals surface area contributed by atoms with Crippen LogP contribution in [0.1, 0.15) is 63.0 Å². The average Bonchev–Trinajstić information content (AvgIpc) is 2.85. The van der Waals surface area contributed by atoms with Crippen molar-refractivity contribution >= 4 is 28.6 Å². The summed E-state index contributed by atoms with van der Waals surface area (Å²) >= 11 is 2.46. The quantitative estimate of drug-likeness (QED) is 0.258. The fourth-order valence-corrected chi connectivity index (χ4v) is 4.44. The summed E-state index contributed by atoms with van der Waals surface area (Å²) in [7, 11) is 0. The molecule has 2 aromatic carbocycles. The van der Waals surface area contributed by atoms with Crippen molar-refractivity contribution in [3.05, 3.63) is 63.7 Å². The van der Waals surface area contributed by atoms with Crippen molar-refractivity contribution < 1.29 is 9.53 Å². The number of fused-ring (bicyclic) bond motifs is 1. The van der Waals surface area contributed by atoms with Gasteiger partial charge >= 0.3 is 5.97 Å². The van der Waals surface area contributed by atoms with Gasteiger partial charge < -0.3 is 4.74 Å². The molecular formula is C21H23IO2. The molecule has 2 aromatic rings. The summed E-state index contributed by atoms with van der Waals surface area (Å²) in [5, 5.41) is 0. The SMILES string of the molecule is CCCC(I)c1cc(C)cc2c1OC(=O)C2c1ccc(C)c(C)c1.